The van der Waals surface area contributed by atoms with Crippen LogP contribution in [0.1, 0.15) is 12.8 Å². The van der Waals surface area contributed by atoms with Gasteiger partial charge in [-0.05, 0) is 37.6 Å². The first-order valence-electron chi connectivity index (χ1n) is 5.67. The van der Waals surface area contributed by atoms with Gasteiger partial charge >= 0.3 is 0 Å². The Morgan fingerprint density at radius 3 is 2.63 bits per heavy atom. The number of benzene rings is 1. The molecule has 1 fully saturated rings. The minimum Gasteiger partial charge on any atom is -0.315 e. The second kappa shape index (κ2) is 7.11. The third-order valence-electron chi connectivity index (χ3n) is 2.80. The van der Waals surface area contributed by atoms with Crippen LogP contribution in [0.15, 0.2) is 23.1 Å². The molecule has 0 aliphatic carbocycles. The number of halogens is 3. The Kier molecular flexibility index (Phi) is 6.36. The van der Waals surface area contributed by atoms with Crippen molar-refractivity contribution in [1.29, 1.82) is 0 Å². The summed E-state index contributed by atoms with van der Waals surface area (Å²) in [6, 6.07) is 4.27. The van der Waals surface area contributed by atoms with Crippen LogP contribution in [-0.4, -0.2) is 27.5 Å². The lowest BCUT2D eigenvalue weighted by molar-refractivity contribution is 0.428. The minimum atomic E-state index is -3.59. The van der Waals surface area contributed by atoms with Gasteiger partial charge in [-0.2, -0.15) is 0 Å². The molecular formula is C11H15Cl3N2O2S. The first kappa shape index (κ1) is 17.0. The first-order chi connectivity index (χ1) is 8.49. The van der Waals surface area contributed by atoms with Gasteiger partial charge in [-0.15, -0.1) is 12.4 Å². The van der Waals surface area contributed by atoms with Gasteiger partial charge in [0.25, 0.3) is 0 Å². The van der Waals surface area contributed by atoms with E-state index in [1.807, 2.05) is 0 Å². The van der Waals surface area contributed by atoms with Gasteiger partial charge in [-0.1, -0.05) is 23.2 Å². The van der Waals surface area contributed by atoms with Gasteiger partial charge in [-0.3, -0.25) is 0 Å². The number of nitrogens with one attached hydrogen (secondary N) is 2. The highest BCUT2D eigenvalue weighted by molar-refractivity contribution is 7.89. The van der Waals surface area contributed by atoms with Gasteiger partial charge in [0.1, 0.15) is 4.90 Å². The summed E-state index contributed by atoms with van der Waals surface area (Å²) in [5.74, 6) is 0. The van der Waals surface area contributed by atoms with Crippen molar-refractivity contribution in [3.63, 3.8) is 0 Å². The molecule has 0 spiro atoms. The average molecular weight is 346 g/mol. The zero-order valence-corrected chi connectivity index (χ0v) is 13.2. The summed E-state index contributed by atoms with van der Waals surface area (Å²) in [6.07, 6.45) is 1.79. The Hall–Kier alpha value is -0.0400. The lowest BCUT2D eigenvalue weighted by Gasteiger charge is -2.23. The fraction of sp³-hybridized carbons (Fsp3) is 0.455. The summed E-state index contributed by atoms with van der Waals surface area (Å²) in [4.78, 5) is 0.0686. The standard InChI is InChI=1S/C11H14Cl2N2O2S.ClH/c12-8-3-4-11(10(13)6-8)18(16,17)15-9-2-1-5-14-7-9;/h3-4,6,9,14-15H,1-2,5,7H2;1H. The van der Waals surface area contributed by atoms with E-state index in [1.165, 1.54) is 18.2 Å². The molecule has 19 heavy (non-hydrogen) atoms. The van der Waals surface area contributed by atoms with E-state index in [9.17, 15) is 8.42 Å². The molecule has 2 N–H and O–H groups in total. The number of sulfonamides is 1. The third-order valence-corrected chi connectivity index (χ3v) is 5.04. The van der Waals surface area contributed by atoms with Crippen LogP contribution in [0.5, 0.6) is 0 Å². The summed E-state index contributed by atoms with van der Waals surface area (Å²) in [5, 5.41) is 3.70. The average Bonchev–Trinajstić information content (AvgIpc) is 2.29. The second-order valence-electron chi connectivity index (χ2n) is 4.24. The Balaban J connectivity index is 0.00000180. The molecule has 1 aliphatic rings. The van der Waals surface area contributed by atoms with Crippen LogP contribution in [0.25, 0.3) is 0 Å². The Morgan fingerprint density at radius 2 is 2.05 bits per heavy atom. The van der Waals surface area contributed by atoms with Gasteiger partial charge < -0.3 is 5.32 Å². The predicted octanol–water partition coefficient (Wildman–Crippen LogP) is 2.45. The second-order valence-corrected chi connectivity index (χ2v) is 6.77. The normalized spacial score (nSPS) is 19.8. The molecule has 1 aliphatic heterocycles. The van der Waals surface area contributed by atoms with Crippen molar-refractivity contribution in [2.45, 2.75) is 23.8 Å². The highest BCUT2D eigenvalue weighted by atomic mass is 35.5. The van der Waals surface area contributed by atoms with Crippen LogP contribution in [0.2, 0.25) is 10.0 Å². The molecule has 2 rings (SSSR count). The van der Waals surface area contributed by atoms with Crippen molar-refractivity contribution in [3.05, 3.63) is 28.2 Å². The number of hydrogen-bond donors (Lipinski definition) is 2. The SMILES string of the molecule is Cl.O=S(=O)(NC1CCCNC1)c1ccc(Cl)cc1Cl. The zero-order valence-electron chi connectivity index (χ0n) is 10.0. The largest absolute Gasteiger partial charge is 0.315 e. The molecule has 1 atom stereocenters. The molecule has 1 aromatic carbocycles. The smallest absolute Gasteiger partial charge is 0.242 e. The molecular weight excluding hydrogens is 331 g/mol. The molecule has 4 nitrogen and oxygen atoms in total. The molecule has 1 heterocycles. The first-order valence-corrected chi connectivity index (χ1v) is 7.91. The number of piperidine rings is 1. The van der Waals surface area contributed by atoms with Gasteiger partial charge in [0.05, 0.1) is 5.02 Å². The highest BCUT2D eigenvalue weighted by Crippen LogP contribution is 2.25. The summed E-state index contributed by atoms with van der Waals surface area (Å²) < 4.78 is 27.0. The Morgan fingerprint density at radius 1 is 1.32 bits per heavy atom. The van der Waals surface area contributed by atoms with E-state index < -0.39 is 10.0 Å². The van der Waals surface area contributed by atoms with Gasteiger partial charge in [0.15, 0.2) is 0 Å². The maximum Gasteiger partial charge on any atom is 0.242 e. The summed E-state index contributed by atoms with van der Waals surface area (Å²) in [6.45, 7) is 1.57. The molecule has 8 heteroatoms. The zero-order chi connectivity index (χ0) is 13.2. The molecule has 1 aromatic rings. The Bertz CT molecular complexity index is 531. The lowest BCUT2D eigenvalue weighted by Crippen LogP contribution is -2.45. The fourth-order valence-electron chi connectivity index (χ4n) is 1.93. The van der Waals surface area contributed by atoms with E-state index in [-0.39, 0.29) is 28.4 Å². The minimum absolute atomic E-state index is 0. The maximum atomic E-state index is 12.2. The van der Waals surface area contributed by atoms with Crippen molar-refractivity contribution >= 4 is 45.6 Å². The van der Waals surface area contributed by atoms with E-state index in [0.29, 0.717) is 11.6 Å². The Labute approximate surface area is 129 Å². The van der Waals surface area contributed by atoms with Gasteiger partial charge in [-0.25, -0.2) is 13.1 Å². The molecule has 108 valence electrons. The van der Waals surface area contributed by atoms with Crippen LogP contribution in [-0.2, 0) is 10.0 Å². The quantitative estimate of drug-likeness (QED) is 0.884. The van der Waals surface area contributed by atoms with Crippen LogP contribution < -0.4 is 10.0 Å². The number of rotatable bonds is 3. The van der Waals surface area contributed by atoms with E-state index in [4.69, 9.17) is 23.2 Å². The summed E-state index contributed by atoms with van der Waals surface area (Å²) in [5.41, 5.74) is 0. The van der Waals surface area contributed by atoms with Crippen LogP contribution in [0.4, 0.5) is 0 Å². The molecule has 0 aromatic heterocycles. The summed E-state index contributed by atoms with van der Waals surface area (Å²) >= 11 is 11.7. The van der Waals surface area contributed by atoms with Crippen molar-refractivity contribution in [1.82, 2.24) is 10.0 Å². The van der Waals surface area contributed by atoms with Crippen molar-refractivity contribution in [3.8, 4) is 0 Å². The molecule has 1 unspecified atom stereocenters. The number of hydrogen-bond acceptors (Lipinski definition) is 3. The molecule has 0 amide bonds. The van der Waals surface area contributed by atoms with Crippen molar-refractivity contribution in [2.24, 2.45) is 0 Å². The fourth-order valence-corrected chi connectivity index (χ4v) is 3.97. The van der Waals surface area contributed by atoms with E-state index in [1.54, 1.807) is 0 Å². The predicted molar refractivity (Wildman–Crippen MR) is 79.9 cm³/mol. The van der Waals surface area contributed by atoms with Crippen molar-refractivity contribution in [2.75, 3.05) is 13.1 Å². The molecule has 0 bridgehead atoms. The van der Waals surface area contributed by atoms with Crippen molar-refractivity contribution < 1.29 is 8.42 Å². The van der Waals surface area contributed by atoms with Gasteiger partial charge in [0, 0.05) is 17.6 Å². The van der Waals surface area contributed by atoms with Crippen LogP contribution in [0, 0.1) is 0 Å². The monoisotopic (exact) mass is 344 g/mol. The van der Waals surface area contributed by atoms with E-state index in [0.717, 1.165) is 19.4 Å². The van der Waals surface area contributed by atoms with Crippen LogP contribution >= 0.6 is 35.6 Å². The topological polar surface area (TPSA) is 58.2 Å². The highest BCUT2D eigenvalue weighted by Gasteiger charge is 2.23. The molecule has 0 saturated carbocycles. The molecule has 1 saturated heterocycles. The summed E-state index contributed by atoms with van der Waals surface area (Å²) in [7, 11) is -3.59. The van der Waals surface area contributed by atoms with Crippen LogP contribution in [0.3, 0.4) is 0 Å². The third kappa shape index (κ3) is 4.48. The molecule has 0 radical (unpaired) electrons. The van der Waals surface area contributed by atoms with E-state index in [2.05, 4.69) is 10.0 Å². The van der Waals surface area contributed by atoms with E-state index >= 15 is 0 Å². The lowest BCUT2D eigenvalue weighted by atomic mass is 10.1. The van der Waals surface area contributed by atoms with Gasteiger partial charge in [0.2, 0.25) is 10.0 Å². The maximum absolute atomic E-state index is 12.2.